The van der Waals surface area contributed by atoms with Gasteiger partial charge in [0.2, 0.25) is 0 Å². The zero-order valence-corrected chi connectivity index (χ0v) is 11.7. The molecule has 1 fully saturated rings. The highest BCUT2D eigenvalue weighted by Gasteiger charge is 2.16. The predicted molar refractivity (Wildman–Crippen MR) is 74.6 cm³/mol. The number of nitrogens with one attached hydrogen (secondary N) is 1. The van der Waals surface area contributed by atoms with Gasteiger partial charge in [-0.1, -0.05) is 6.92 Å². The van der Waals surface area contributed by atoms with Gasteiger partial charge >= 0.3 is 0 Å². The molecule has 102 valence electrons. The van der Waals surface area contributed by atoms with Crippen molar-refractivity contribution < 1.29 is 0 Å². The van der Waals surface area contributed by atoms with Crippen LogP contribution in [0.2, 0.25) is 0 Å². The van der Waals surface area contributed by atoms with Crippen molar-refractivity contribution in [2.45, 2.75) is 45.7 Å². The van der Waals surface area contributed by atoms with Gasteiger partial charge in [-0.2, -0.15) is 0 Å². The predicted octanol–water partition coefficient (Wildman–Crippen LogP) is 2.04. The number of imidazole rings is 1. The fraction of sp³-hybridized carbons (Fsp3) is 0.786. The minimum Gasteiger partial charge on any atom is -0.329 e. The van der Waals surface area contributed by atoms with Crippen molar-refractivity contribution in [3.05, 3.63) is 18.2 Å². The quantitative estimate of drug-likeness (QED) is 0.752. The molecule has 1 aromatic heterocycles. The summed E-state index contributed by atoms with van der Waals surface area (Å²) in [5, 5.41) is 3.45. The Balaban J connectivity index is 1.88. The third-order valence-corrected chi connectivity index (χ3v) is 3.68. The van der Waals surface area contributed by atoms with Gasteiger partial charge in [-0.25, -0.2) is 4.98 Å². The molecule has 0 aliphatic carbocycles. The second-order valence-corrected chi connectivity index (χ2v) is 5.33. The summed E-state index contributed by atoms with van der Waals surface area (Å²) in [6.45, 7) is 10.2. The Morgan fingerprint density at radius 1 is 1.39 bits per heavy atom. The standard InChI is InChI=1S/C14H26N4/c1-3-6-15-9-14-10-16-12-18(14)13(2)11-17-7-4-5-8-17/h10,12-13,15H,3-9,11H2,1-2H3. The Labute approximate surface area is 110 Å². The fourth-order valence-corrected chi connectivity index (χ4v) is 2.69. The minimum atomic E-state index is 0.518. The molecule has 1 aliphatic rings. The normalized spacial score (nSPS) is 18.3. The third kappa shape index (κ3) is 3.56. The second-order valence-electron chi connectivity index (χ2n) is 5.33. The second kappa shape index (κ2) is 6.90. The van der Waals surface area contributed by atoms with Crippen LogP contribution in [0.25, 0.3) is 0 Å². The number of likely N-dealkylation sites (tertiary alicyclic amines) is 1. The Morgan fingerprint density at radius 2 is 2.17 bits per heavy atom. The maximum absolute atomic E-state index is 4.30. The van der Waals surface area contributed by atoms with Crippen molar-refractivity contribution in [2.24, 2.45) is 0 Å². The fourth-order valence-electron chi connectivity index (χ4n) is 2.69. The van der Waals surface area contributed by atoms with Crippen LogP contribution in [0.4, 0.5) is 0 Å². The average molecular weight is 250 g/mol. The average Bonchev–Trinajstić information content (AvgIpc) is 3.00. The molecule has 0 amide bonds. The highest BCUT2D eigenvalue weighted by atomic mass is 15.2. The lowest BCUT2D eigenvalue weighted by Gasteiger charge is -2.23. The zero-order chi connectivity index (χ0) is 12.8. The van der Waals surface area contributed by atoms with E-state index in [9.17, 15) is 0 Å². The van der Waals surface area contributed by atoms with Gasteiger partial charge in [0.15, 0.2) is 0 Å². The summed E-state index contributed by atoms with van der Waals surface area (Å²) in [7, 11) is 0. The largest absolute Gasteiger partial charge is 0.329 e. The molecule has 2 rings (SSSR count). The lowest BCUT2D eigenvalue weighted by molar-refractivity contribution is 0.284. The molecule has 0 spiro atoms. The highest BCUT2D eigenvalue weighted by molar-refractivity contribution is 5.00. The van der Waals surface area contributed by atoms with Crippen molar-refractivity contribution in [2.75, 3.05) is 26.2 Å². The first kappa shape index (κ1) is 13.6. The van der Waals surface area contributed by atoms with Crippen LogP contribution < -0.4 is 5.32 Å². The molecule has 18 heavy (non-hydrogen) atoms. The molecule has 1 aliphatic heterocycles. The van der Waals surface area contributed by atoms with E-state index in [1.807, 2.05) is 12.5 Å². The smallest absolute Gasteiger partial charge is 0.0951 e. The van der Waals surface area contributed by atoms with E-state index in [0.29, 0.717) is 6.04 Å². The van der Waals surface area contributed by atoms with Gasteiger partial charge in [0.25, 0.3) is 0 Å². The van der Waals surface area contributed by atoms with Crippen LogP contribution in [0.15, 0.2) is 12.5 Å². The molecule has 2 heterocycles. The molecule has 1 N–H and O–H groups in total. The first-order valence-electron chi connectivity index (χ1n) is 7.25. The van der Waals surface area contributed by atoms with E-state index in [2.05, 4.69) is 33.6 Å². The highest BCUT2D eigenvalue weighted by Crippen LogP contribution is 2.15. The number of hydrogen-bond donors (Lipinski definition) is 1. The van der Waals surface area contributed by atoms with Crippen LogP contribution in [-0.2, 0) is 6.54 Å². The Kier molecular flexibility index (Phi) is 5.20. The minimum absolute atomic E-state index is 0.518. The molecule has 4 nitrogen and oxygen atoms in total. The van der Waals surface area contributed by atoms with Crippen LogP contribution in [-0.4, -0.2) is 40.6 Å². The molecule has 1 unspecified atom stereocenters. The van der Waals surface area contributed by atoms with Gasteiger partial charge in [0.1, 0.15) is 0 Å². The van der Waals surface area contributed by atoms with Crippen molar-refractivity contribution in [3.8, 4) is 0 Å². The van der Waals surface area contributed by atoms with E-state index in [0.717, 1.165) is 19.6 Å². The first-order chi connectivity index (χ1) is 8.81. The third-order valence-electron chi connectivity index (χ3n) is 3.68. The molecule has 0 aromatic carbocycles. The molecule has 1 saturated heterocycles. The summed E-state index contributed by atoms with van der Waals surface area (Å²) in [4.78, 5) is 6.86. The molecular formula is C14H26N4. The summed E-state index contributed by atoms with van der Waals surface area (Å²) in [5.41, 5.74) is 1.30. The van der Waals surface area contributed by atoms with Gasteiger partial charge in [-0.15, -0.1) is 0 Å². The lowest BCUT2D eigenvalue weighted by Crippen LogP contribution is -2.28. The number of aromatic nitrogens is 2. The van der Waals surface area contributed by atoms with Crippen LogP contribution in [0.3, 0.4) is 0 Å². The van der Waals surface area contributed by atoms with Crippen molar-refractivity contribution >= 4 is 0 Å². The van der Waals surface area contributed by atoms with Gasteiger partial charge in [0.05, 0.1) is 12.0 Å². The summed E-state index contributed by atoms with van der Waals surface area (Å²) in [6.07, 6.45) is 7.87. The van der Waals surface area contributed by atoms with Crippen molar-refractivity contribution in [1.82, 2.24) is 19.8 Å². The van der Waals surface area contributed by atoms with Gasteiger partial charge in [-0.05, 0) is 45.8 Å². The zero-order valence-electron chi connectivity index (χ0n) is 11.7. The molecule has 1 aromatic rings. The van der Waals surface area contributed by atoms with Gasteiger partial charge in [0, 0.05) is 25.3 Å². The number of hydrogen-bond acceptors (Lipinski definition) is 3. The van der Waals surface area contributed by atoms with Crippen LogP contribution >= 0.6 is 0 Å². The molecule has 0 saturated carbocycles. The monoisotopic (exact) mass is 250 g/mol. The van der Waals surface area contributed by atoms with Crippen molar-refractivity contribution in [1.29, 1.82) is 0 Å². The summed E-state index contributed by atoms with van der Waals surface area (Å²) >= 11 is 0. The molecule has 0 radical (unpaired) electrons. The van der Waals surface area contributed by atoms with E-state index < -0.39 is 0 Å². The Bertz CT molecular complexity index is 341. The summed E-state index contributed by atoms with van der Waals surface area (Å²) < 4.78 is 2.32. The van der Waals surface area contributed by atoms with Crippen LogP contribution in [0.5, 0.6) is 0 Å². The number of rotatable bonds is 7. The van der Waals surface area contributed by atoms with Crippen LogP contribution in [0.1, 0.15) is 44.8 Å². The van der Waals surface area contributed by atoms with Crippen LogP contribution in [0, 0.1) is 0 Å². The van der Waals surface area contributed by atoms with E-state index >= 15 is 0 Å². The molecular weight excluding hydrogens is 224 g/mol. The Morgan fingerprint density at radius 3 is 2.89 bits per heavy atom. The first-order valence-corrected chi connectivity index (χ1v) is 7.25. The maximum Gasteiger partial charge on any atom is 0.0951 e. The van der Waals surface area contributed by atoms with E-state index in [1.54, 1.807) is 0 Å². The Hall–Kier alpha value is -0.870. The molecule has 1 atom stereocenters. The van der Waals surface area contributed by atoms with Gasteiger partial charge < -0.3 is 14.8 Å². The molecule has 4 heteroatoms. The lowest BCUT2D eigenvalue weighted by atomic mass is 10.3. The SMILES string of the molecule is CCCNCc1cncn1C(C)CN1CCCC1. The summed E-state index contributed by atoms with van der Waals surface area (Å²) in [5.74, 6) is 0. The topological polar surface area (TPSA) is 33.1 Å². The van der Waals surface area contributed by atoms with E-state index in [1.165, 1.54) is 38.0 Å². The van der Waals surface area contributed by atoms with Gasteiger partial charge in [-0.3, -0.25) is 0 Å². The van der Waals surface area contributed by atoms with Crippen molar-refractivity contribution in [3.63, 3.8) is 0 Å². The number of nitrogens with zero attached hydrogens (tertiary/aromatic N) is 3. The molecule has 0 bridgehead atoms. The maximum atomic E-state index is 4.30. The van der Waals surface area contributed by atoms with E-state index in [4.69, 9.17) is 0 Å². The summed E-state index contributed by atoms with van der Waals surface area (Å²) in [6, 6.07) is 0.518. The van der Waals surface area contributed by atoms with E-state index in [-0.39, 0.29) is 0 Å².